The van der Waals surface area contributed by atoms with E-state index in [0.717, 1.165) is 18.4 Å². The fourth-order valence-electron chi connectivity index (χ4n) is 3.24. The number of amides is 1. The molecule has 2 fully saturated rings. The minimum atomic E-state index is -3.52. The van der Waals surface area contributed by atoms with Crippen LogP contribution in [0.4, 0.5) is 0 Å². The Balaban J connectivity index is 1.42. The molecule has 1 N–H and O–H groups in total. The number of nitrogens with one attached hydrogen (secondary N) is 1. The molecule has 8 nitrogen and oxygen atoms in total. The molecular weight excluding hydrogens is 396 g/mol. The van der Waals surface area contributed by atoms with Gasteiger partial charge in [0, 0.05) is 25.6 Å². The normalized spacial score (nSPS) is 18.8. The summed E-state index contributed by atoms with van der Waals surface area (Å²) in [5.41, 5.74) is 0.828. The van der Waals surface area contributed by atoms with Crippen molar-refractivity contribution in [1.82, 2.24) is 9.62 Å². The number of hydrogen-bond acceptors (Lipinski definition) is 6. The predicted octanol–water partition coefficient (Wildman–Crippen LogP) is 1.10. The number of rotatable bonds is 9. The SMILES string of the molecule is C[C@H](NC(=O)COC(=O)CCc1ccc(S(=O)(=O)N2CCOCC2)cc1)C1CC1. The number of esters is 1. The molecule has 1 saturated carbocycles. The van der Waals surface area contributed by atoms with E-state index in [9.17, 15) is 18.0 Å². The second-order valence-corrected chi connectivity index (χ2v) is 9.45. The van der Waals surface area contributed by atoms with Gasteiger partial charge in [-0.05, 0) is 49.8 Å². The number of morpholine rings is 1. The first-order valence-electron chi connectivity index (χ1n) is 9.98. The quantitative estimate of drug-likeness (QED) is 0.596. The molecule has 160 valence electrons. The van der Waals surface area contributed by atoms with Crippen LogP contribution in [0.3, 0.4) is 0 Å². The molecule has 3 rings (SSSR count). The number of sulfonamides is 1. The molecule has 1 aliphatic carbocycles. The van der Waals surface area contributed by atoms with Crippen LogP contribution in [0.15, 0.2) is 29.2 Å². The molecule has 0 unspecified atom stereocenters. The van der Waals surface area contributed by atoms with Crippen LogP contribution >= 0.6 is 0 Å². The van der Waals surface area contributed by atoms with E-state index in [2.05, 4.69) is 5.32 Å². The monoisotopic (exact) mass is 424 g/mol. The molecule has 0 spiro atoms. The highest BCUT2D eigenvalue weighted by molar-refractivity contribution is 7.89. The number of carbonyl (C=O) groups excluding carboxylic acids is 2. The van der Waals surface area contributed by atoms with E-state index in [-0.39, 0.29) is 29.9 Å². The summed E-state index contributed by atoms with van der Waals surface area (Å²) in [4.78, 5) is 23.9. The Bertz CT molecular complexity index is 814. The van der Waals surface area contributed by atoms with Gasteiger partial charge in [-0.25, -0.2) is 8.42 Å². The molecule has 1 amide bonds. The van der Waals surface area contributed by atoms with Gasteiger partial charge in [-0.1, -0.05) is 12.1 Å². The summed E-state index contributed by atoms with van der Waals surface area (Å²) < 4.78 is 36.8. The van der Waals surface area contributed by atoms with Crippen LogP contribution < -0.4 is 5.32 Å². The summed E-state index contributed by atoms with van der Waals surface area (Å²) in [6, 6.07) is 6.62. The summed E-state index contributed by atoms with van der Waals surface area (Å²) in [5.74, 6) is -0.190. The highest BCUT2D eigenvalue weighted by Crippen LogP contribution is 2.32. The Morgan fingerprint density at radius 3 is 2.48 bits per heavy atom. The molecule has 0 bridgehead atoms. The maximum absolute atomic E-state index is 12.6. The third-order valence-corrected chi connectivity index (χ3v) is 7.14. The second-order valence-electron chi connectivity index (χ2n) is 7.51. The molecule has 2 aliphatic rings. The minimum Gasteiger partial charge on any atom is -0.456 e. The van der Waals surface area contributed by atoms with Crippen molar-refractivity contribution in [2.45, 2.75) is 43.5 Å². The van der Waals surface area contributed by atoms with Gasteiger partial charge in [0.25, 0.3) is 5.91 Å². The average molecular weight is 425 g/mol. The largest absolute Gasteiger partial charge is 0.456 e. The zero-order chi connectivity index (χ0) is 20.9. The summed E-state index contributed by atoms with van der Waals surface area (Å²) in [6.07, 6.45) is 2.80. The maximum Gasteiger partial charge on any atom is 0.306 e. The van der Waals surface area contributed by atoms with Crippen molar-refractivity contribution in [3.63, 3.8) is 0 Å². The van der Waals surface area contributed by atoms with Crippen LogP contribution in [0, 0.1) is 5.92 Å². The van der Waals surface area contributed by atoms with E-state index < -0.39 is 16.0 Å². The molecular formula is C20H28N2O6S. The molecule has 1 aliphatic heterocycles. The van der Waals surface area contributed by atoms with Crippen molar-refractivity contribution < 1.29 is 27.5 Å². The predicted molar refractivity (Wildman–Crippen MR) is 106 cm³/mol. The highest BCUT2D eigenvalue weighted by atomic mass is 32.2. The fraction of sp³-hybridized carbons (Fsp3) is 0.600. The van der Waals surface area contributed by atoms with Crippen molar-refractivity contribution in [1.29, 1.82) is 0 Å². The van der Waals surface area contributed by atoms with E-state index >= 15 is 0 Å². The molecule has 1 atom stereocenters. The Morgan fingerprint density at radius 2 is 1.86 bits per heavy atom. The standard InChI is InChI=1S/C20H28N2O6S/c1-15(17-5-6-17)21-19(23)14-28-20(24)9-4-16-2-7-18(8-3-16)29(25,26)22-10-12-27-13-11-22/h2-3,7-8,15,17H,4-6,9-14H2,1H3,(H,21,23)/t15-/m0/s1. The first-order valence-corrected chi connectivity index (χ1v) is 11.4. The first kappa shape index (κ1) is 21.7. The Hall–Kier alpha value is -1.97. The molecule has 1 aromatic carbocycles. The molecule has 0 aromatic heterocycles. The van der Waals surface area contributed by atoms with Gasteiger partial charge in [0.1, 0.15) is 0 Å². The smallest absolute Gasteiger partial charge is 0.306 e. The van der Waals surface area contributed by atoms with Gasteiger partial charge in [0.2, 0.25) is 10.0 Å². The van der Waals surface area contributed by atoms with Crippen molar-refractivity contribution in [3.05, 3.63) is 29.8 Å². The van der Waals surface area contributed by atoms with Crippen LogP contribution in [0.5, 0.6) is 0 Å². The lowest BCUT2D eigenvalue weighted by Crippen LogP contribution is -2.40. The van der Waals surface area contributed by atoms with Crippen molar-refractivity contribution in [2.24, 2.45) is 5.92 Å². The van der Waals surface area contributed by atoms with E-state index in [4.69, 9.17) is 9.47 Å². The Labute approximate surface area is 171 Å². The molecule has 1 saturated heterocycles. The Kier molecular flexibility index (Phi) is 7.26. The van der Waals surface area contributed by atoms with Gasteiger partial charge in [0.15, 0.2) is 6.61 Å². The minimum absolute atomic E-state index is 0.119. The maximum atomic E-state index is 12.6. The van der Waals surface area contributed by atoms with Gasteiger partial charge >= 0.3 is 5.97 Å². The summed E-state index contributed by atoms with van der Waals surface area (Å²) >= 11 is 0. The number of hydrogen-bond donors (Lipinski definition) is 1. The molecule has 29 heavy (non-hydrogen) atoms. The molecule has 9 heteroatoms. The summed E-state index contributed by atoms with van der Waals surface area (Å²) in [5, 5.41) is 2.83. The van der Waals surface area contributed by atoms with Crippen LogP contribution in [-0.4, -0.2) is 63.6 Å². The van der Waals surface area contributed by atoms with Gasteiger partial charge in [0.05, 0.1) is 18.1 Å². The van der Waals surface area contributed by atoms with E-state index in [1.54, 1.807) is 24.3 Å². The fourth-order valence-corrected chi connectivity index (χ4v) is 4.65. The highest BCUT2D eigenvalue weighted by Gasteiger charge is 2.29. The van der Waals surface area contributed by atoms with Gasteiger partial charge in [-0.3, -0.25) is 9.59 Å². The van der Waals surface area contributed by atoms with E-state index in [1.165, 1.54) is 4.31 Å². The van der Waals surface area contributed by atoms with Crippen molar-refractivity contribution >= 4 is 21.9 Å². The van der Waals surface area contributed by atoms with Crippen molar-refractivity contribution in [2.75, 3.05) is 32.9 Å². The van der Waals surface area contributed by atoms with Crippen LogP contribution in [0.2, 0.25) is 0 Å². The molecule has 1 aromatic rings. The first-order chi connectivity index (χ1) is 13.9. The van der Waals surface area contributed by atoms with Crippen LogP contribution in [0.1, 0.15) is 31.7 Å². The number of nitrogens with zero attached hydrogens (tertiary/aromatic N) is 1. The zero-order valence-electron chi connectivity index (χ0n) is 16.6. The van der Waals surface area contributed by atoms with Gasteiger partial charge < -0.3 is 14.8 Å². The van der Waals surface area contributed by atoms with Crippen molar-refractivity contribution in [3.8, 4) is 0 Å². The second kappa shape index (κ2) is 9.69. The van der Waals surface area contributed by atoms with Gasteiger partial charge in [-0.15, -0.1) is 0 Å². The number of aryl methyl sites for hydroxylation is 1. The average Bonchev–Trinajstić information content (AvgIpc) is 3.57. The number of benzene rings is 1. The molecule has 0 radical (unpaired) electrons. The number of ether oxygens (including phenoxy) is 2. The van der Waals surface area contributed by atoms with E-state index in [0.29, 0.717) is 38.6 Å². The van der Waals surface area contributed by atoms with E-state index in [1.807, 2.05) is 6.92 Å². The van der Waals surface area contributed by atoms with Gasteiger partial charge in [-0.2, -0.15) is 4.31 Å². The van der Waals surface area contributed by atoms with Crippen LogP contribution in [0.25, 0.3) is 0 Å². The Morgan fingerprint density at radius 1 is 1.21 bits per heavy atom. The lowest BCUT2D eigenvalue weighted by molar-refractivity contribution is -0.148. The zero-order valence-corrected chi connectivity index (χ0v) is 17.4. The summed E-state index contributed by atoms with van der Waals surface area (Å²) in [7, 11) is -3.52. The topological polar surface area (TPSA) is 102 Å². The number of carbonyl (C=O) groups is 2. The lowest BCUT2D eigenvalue weighted by atomic mass is 10.1. The third-order valence-electron chi connectivity index (χ3n) is 5.23. The summed E-state index contributed by atoms with van der Waals surface area (Å²) in [6.45, 7) is 3.19. The molecule has 1 heterocycles. The lowest BCUT2D eigenvalue weighted by Gasteiger charge is -2.26. The van der Waals surface area contributed by atoms with Crippen LogP contribution in [-0.2, 0) is 35.5 Å². The third kappa shape index (κ3) is 6.25.